The second-order valence-electron chi connectivity index (χ2n) is 5.83. The molecule has 2 aromatic rings. The largest absolute Gasteiger partial charge is 0.497 e. The molecule has 0 saturated carbocycles. The van der Waals surface area contributed by atoms with Gasteiger partial charge in [-0.3, -0.25) is 14.5 Å². The van der Waals surface area contributed by atoms with Crippen molar-refractivity contribution in [2.45, 2.75) is 18.9 Å². The number of carbonyl (C=O) groups is 3. The van der Waals surface area contributed by atoms with Crippen LogP contribution in [0.3, 0.4) is 0 Å². The van der Waals surface area contributed by atoms with Crippen LogP contribution in [0.25, 0.3) is 10.8 Å². The standard InChI is InChI=1S/C18H17NO5S/c1-10(16(20)19-15(17(21)22)9-25-18(19)23)11-3-4-13-8-14(24-2)6-5-12(13)7-11/h3-8,10,15H,9H2,1-2H3,(H,21,22)/t10?,15-/m0/s1. The highest BCUT2D eigenvalue weighted by atomic mass is 32.2. The molecule has 0 aliphatic carbocycles. The van der Waals surface area contributed by atoms with Crippen molar-refractivity contribution in [1.29, 1.82) is 0 Å². The van der Waals surface area contributed by atoms with E-state index < -0.39 is 29.1 Å². The Balaban J connectivity index is 1.90. The number of aliphatic carboxylic acids is 1. The molecular formula is C18H17NO5S. The minimum absolute atomic E-state index is 0.0874. The normalized spacial score (nSPS) is 18.4. The number of imide groups is 1. The van der Waals surface area contributed by atoms with Gasteiger partial charge in [-0.1, -0.05) is 36.0 Å². The number of carboxylic acids is 1. The Morgan fingerprint density at radius 1 is 1.24 bits per heavy atom. The third-order valence-corrected chi connectivity index (χ3v) is 5.26. The third-order valence-electron chi connectivity index (χ3n) is 4.34. The Bertz CT molecular complexity index is 866. The van der Waals surface area contributed by atoms with Gasteiger partial charge in [-0.15, -0.1) is 0 Å². The number of carbonyl (C=O) groups excluding carboxylic acids is 2. The lowest BCUT2D eigenvalue weighted by atomic mass is 9.96. The SMILES string of the molecule is COc1ccc2cc(C(C)C(=O)N3C(=O)SC[C@H]3C(=O)O)ccc2c1. The number of ether oxygens (including phenoxy) is 1. The molecule has 1 N–H and O–H groups in total. The van der Waals surface area contributed by atoms with Gasteiger partial charge in [-0.05, 0) is 35.4 Å². The molecule has 1 unspecified atom stereocenters. The summed E-state index contributed by atoms with van der Waals surface area (Å²) in [5.74, 6) is -1.44. The lowest BCUT2D eigenvalue weighted by molar-refractivity contribution is -0.146. The maximum absolute atomic E-state index is 12.7. The molecule has 25 heavy (non-hydrogen) atoms. The summed E-state index contributed by atoms with van der Waals surface area (Å²) in [6, 6.07) is 10.1. The first-order valence-electron chi connectivity index (χ1n) is 7.72. The van der Waals surface area contributed by atoms with Crippen LogP contribution < -0.4 is 4.74 Å². The summed E-state index contributed by atoms with van der Waals surface area (Å²) in [6.07, 6.45) is 0. The lowest BCUT2D eigenvalue weighted by Gasteiger charge is -2.22. The van der Waals surface area contributed by atoms with Crippen LogP contribution in [0.1, 0.15) is 18.4 Å². The molecule has 3 rings (SSSR count). The van der Waals surface area contributed by atoms with Gasteiger partial charge >= 0.3 is 5.97 Å². The number of carboxylic acid groups (broad SMARTS) is 1. The second kappa shape index (κ2) is 6.76. The lowest BCUT2D eigenvalue weighted by Crippen LogP contribution is -2.45. The minimum Gasteiger partial charge on any atom is -0.497 e. The van der Waals surface area contributed by atoms with Crippen LogP contribution in [0, 0.1) is 0 Å². The van der Waals surface area contributed by atoms with Crippen molar-refractivity contribution in [2.75, 3.05) is 12.9 Å². The van der Waals surface area contributed by atoms with Gasteiger partial charge in [0.05, 0.1) is 13.0 Å². The average Bonchev–Trinajstić information content (AvgIpc) is 3.01. The quantitative estimate of drug-likeness (QED) is 0.903. The maximum Gasteiger partial charge on any atom is 0.327 e. The van der Waals surface area contributed by atoms with E-state index in [-0.39, 0.29) is 5.75 Å². The molecule has 1 saturated heterocycles. The van der Waals surface area contributed by atoms with Gasteiger partial charge in [0.25, 0.3) is 5.24 Å². The van der Waals surface area contributed by atoms with Crippen molar-refractivity contribution in [3.8, 4) is 5.75 Å². The van der Waals surface area contributed by atoms with Gasteiger partial charge in [-0.25, -0.2) is 4.79 Å². The fourth-order valence-electron chi connectivity index (χ4n) is 2.84. The van der Waals surface area contributed by atoms with Gasteiger partial charge in [-0.2, -0.15) is 0 Å². The van der Waals surface area contributed by atoms with Gasteiger partial charge in [0, 0.05) is 5.75 Å². The molecule has 2 atom stereocenters. The van der Waals surface area contributed by atoms with Crippen molar-refractivity contribution >= 4 is 39.7 Å². The van der Waals surface area contributed by atoms with Crippen LogP contribution in [0.5, 0.6) is 5.75 Å². The van der Waals surface area contributed by atoms with Gasteiger partial charge < -0.3 is 9.84 Å². The first-order valence-corrected chi connectivity index (χ1v) is 8.71. The molecule has 130 valence electrons. The smallest absolute Gasteiger partial charge is 0.327 e. The monoisotopic (exact) mass is 359 g/mol. The number of benzene rings is 2. The summed E-state index contributed by atoms with van der Waals surface area (Å²) in [4.78, 5) is 36.8. The Hall–Kier alpha value is -2.54. The van der Waals surface area contributed by atoms with E-state index >= 15 is 0 Å². The van der Waals surface area contributed by atoms with Gasteiger partial charge in [0.1, 0.15) is 11.8 Å². The van der Waals surface area contributed by atoms with Crippen LogP contribution in [-0.4, -0.2) is 46.0 Å². The van der Waals surface area contributed by atoms with Crippen molar-refractivity contribution in [1.82, 2.24) is 4.90 Å². The van der Waals surface area contributed by atoms with Crippen LogP contribution >= 0.6 is 11.8 Å². The first-order chi connectivity index (χ1) is 11.9. The van der Waals surface area contributed by atoms with Crippen LogP contribution in [0.4, 0.5) is 4.79 Å². The summed E-state index contributed by atoms with van der Waals surface area (Å²) in [5.41, 5.74) is 0.733. The topological polar surface area (TPSA) is 83.9 Å². The Labute approximate surface area is 148 Å². The number of thioether (sulfide) groups is 1. The Morgan fingerprint density at radius 2 is 1.92 bits per heavy atom. The number of hydrogen-bond acceptors (Lipinski definition) is 5. The fourth-order valence-corrected chi connectivity index (χ4v) is 3.79. The molecular weight excluding hydrogens is 342 g/mol. The highest BCUT2D eigenvalue weighted by Crippen LogP contribution is 2.30. The summed E-state index contributed by atoms with van der Waals surface area (Å²) in [5, 5.41) is 10.6. The highest BCUT2D eigenvalue weighted by molar-refractivity contribution is 8.14. The molecule has 2 aromatic carbocycles. The van der Waals surface area contributed by atoms with Crippen molar-refractivity contribution in [3.63, 3.8) is 0 Å². The zero-order valence-corrected chi connectivity index (χ0v) is 14.6. The van der Waals surface area contributed by atoms with Crippen molar-refractivity contribution in [2.24, 2.45) is 0 Å². The Kier molecular flexibility index (Phi) is 4.67. The van der Waals surface area contributed by atoms with Gasteiger partial charge in [0.15, 0.2) is 0 Å². The van der Waals surface area contributed by atoms with Crippen LogP contribution in [0.15, 0.2) is 36.4 Å². The zero-order chi connectivity index (χ0) is 18.1. The fraction of sp³-hybridized carbons (Fsp3) is 0.278. The van der Waals surface area contributed by atoms with E-state index in [1.807, 2.05) is 36.4 Å². The molecule has 1 fully saturated rings. The minimum atomic E-state index is -1.16. The zero-order valence-electron chi connectivity index (χ0n) is 13.8. The third kappa shape index (κ3) is 3.19. The summed E-state index contributed by atoms with van der Waals surface area (Å²) >= 11 is 0.861. The Morgan fingerprint density at radius 3 is 2.60 bits per heavy atom. The number of methoxy groups -OCH3 is 1. The summed E-state index contributed by atoms with van der Waals surface area (Å²) in [6.45, 7) is 1.68. The molecule has 6 nitrogen and oxygen atoms in total. The van der Waals surface area contributed by atoms with E-state index in [2.05, 4.69) is 0 Å². The van der Waals surface area contributed by atoms with E-state index in [4.69, 9.17) is 4.74 Å². The predicted molar refractivity (Wildman–Crippen MR) is 95.0 cm³/mol. The molecule has 2 amide bonds. The maximum atomic E-state index is 12.7. The number of fused-ring (bicyclic) bond motifs is 1. The molecule has 0 spiro atoms. The molecule has 1 aliphatic heterocycles. The van der Waals surface area contributed by atoms with E-state index in [0.29, 0.717) is 0 Å². The first kappa shape index (κ1) is 17.3. The van der Waals surface area contributed by atoms with E-state index in [9.17, 15) is 19.5 Å². The van der Waals surface area contributed by atoms with E-state index in [0.717, 1.165) is 38.7 Å². The molecule has 7 heteroatoms. The van der Waals surface area contributed by atoms with Gasteiger partial charge in [0.2, 0.25) is 5.91 Å². The summed E-state index contributed by atoms with van der Waals surface area (Å²) < 4.78 is 5.20. The molecule has 0 aromatic heterocycles. The average molecular weight is 359 g/mol. The number of rotatable bonds is 4. The molecule has 0 bridgehead atoms. The summed E-state index contributed by atoms with van der Waals surface area (Å²) in [7, 11) is 1.60. The molecule has 1 aliphatic rings. The van der Waals surface area contributed by atoms with Crippen molar-refractivity contribution < 1.29 is 24.2 Å². The highest BCUT2D eigenvalue weighted by Gasteiger charge is 2.42. The molecule has 1 heterocycles. The van der Waals surface area contributed by atoms with Crippen molar-refractivity contribution in [3.05, 3.63) is 42.0 Å². The number of nitrogens with zero attached hydrogens (tertiary/aromatic N) is 1. The predicted octanol–water partition coefficient (Wildman–Crippen LogP) is 3.10. The van der Waals surface area contributed by atoms with E-state index in [1.165, 1.54) is 0 Å². The van der Waals surface area contributed by atoms with Crippen LogP contribution in [0.2, 0.25) is 0 Å². The number of hydrogen-bond donors (Lipinski definition) is 1. The number of amides is 2. The van der Waals surface area contributed by atoms with Crippen LogP contribution in [-0.2, 0) is 9.59 Å². The van der Waals surface area contributed by atoms with E-state index in [1.54, 1.807) is 14.0 Å². The molecule has 0 radical (unpaired) electrons. The second-order valence-corrected chi connectivity index (χ2v) is 6.80.